The van der Waals surface area contributed by atoms with Crippen molar-refractivity contribution in [2.75, 3.05) is 27.3 Å². The number of carboxylic acids is 1. The predicted octanol–water partition coefficient (Wildman–Crippen LogP) is -0.452. The average Bonchev–Trinajstić information content (AvgIpc) is 2.39. The van der Waals surface area contributed by atoms with E-state index in [2.05, 4.69) is 16.0 Å². The predicted molar refractivity (Wildman–Crippen MR) is 72.3 cm³/mol. The van der Waals surface area contributed by atoms with Gasteiger partial charge in [-0.3, -0.25) is 4.79 Å². The summed E-state index contributed by atoms with van der Waals surface area (Å²) in [4.78, 5) is 34.1. The Hall–Kier alpha value is -1.83. The maximum Gasteiger partial charge on any atom is 0.326 e. The zero-order chi connectivity index (χ0) is 15.8. The number of amides is 3. The number of carbonyl (C=O) groups excluding carboxylic acids is 2. The van der Waals surface area contributed by atoms with Crippen molar-refractivity contribution in [1.29, 1.82) is 0 Å². The number of urea groups is 1. The van der Waals surface area contributed by atoms with Gasteiger partial charge in [-0.2, -0.15) is 0 Å². The summed E-state index contributed by atoms with van der Waals surface area (Å²) in [5, 5.41) is 16.2. The molecular formula is C12H23N3O5. The number of hydrogen-bond donors (Lipinski definition) is 4. The second kappa shape index (κ2) is 8.36. The smallest absolute Gasteiger partial charge is 0.326 e. The number of ether oxygens (including phenoxy) is 1. The van der Waals surface area contributed by atoms with Crippen molar-refractivity contribution in [1.82, 2.24) is 16.0 Å². The Labute approximate surface area is 118 Å². The van der Waals surface area contributed by atoms with Gasteiger partial charge >= 0.3 is 12.0 Å². The summed E-state index contributed by atoms with van der Waals surface area (Å²) in [5.41, 5.74) is -0.780. The second-order valence-corrected chi connectivity index (χ2v) is 4.96. The SMILES string of the molecule is CNC(=O)C(C)(C)CNC(=O)NC(CCOC)C(=O)O. The minimum atomic E-state index is -1.14. The zero-order valence-corrected chi connectivity index (χ0v) is 12.3. The molecule has 4 N–H and O–H groups in total. The summed E-state index contributed by atoms with van der Waals surface area (Å²) < 4.78 is 4.78. The van der Waals surface area contributed by atoms with Gasteiger partial charge in [0.1, 0.15) is 6.04 Å². The van der Waals surface area contributed by atoms with Gasteiger partial charge in [0.05, 0.1) is 5.41 Å². The van der Waals surface area contributed by atoms with Crippen LogP contribution >= 0.6 is 0 Å². The third-order valence-electron chi connectivity index (χ3n) is 2.75. The van der Waals surface area contributed by atoms with Crippen LogP contribution < -0.4 is 16.0 Å². The molecule has 0 spiro atoms. The van der Waals surface area contributed by atoms with Gasteiger partial charge in [0.25, 0.3) is 0 Å². The molecule has 116 valence electrons. The summed E-state index contributed by atoms with van der Waals surface area (Å²) in [5.74, 6) is -1.35. The van der Waals surface area contributed by atoms with E-state index >= 15 is 0 Å². The summed E-state index contributed by atoms with van der Waals surface area (Å²) in [6.45, 7) is 3.66. The molecule has 8 heteroatoms. The number of nitrogens with one attached hydrogen (secondary N) is 3. The second-order valence-electron chi connectivity index (χ2n) is 4.96. The molecule has 20 heavy (non-hydrogen) atoms. The van der Waals surface area contributed by atoms with Crippen LogP contribution in [0.15, 0.2) is 0 Å². The van der Waals surface area contributed by atoms with Crippen LogP contribution in [0.2, 0.25) is 0 Å². The van der Waals surface area contributed by atoms with Crippen LogP contribution in [-0.4, -0.2) is 56.4 Å². The Morgan fingerprint density at radius 2 is 1.90 bits per heavy atom. The van der Waals surface area contributed by atoms with Gasteiger partial charge in [-0.05, 0) is 13.8 Å². The highest BCUT2D eigenvalue weighted by Gasteiger charge is 2.28. The molecule has 3 amide bonds. The number of rotatable bonds is 8. The number of methoxy groups -OCH3 is 1. The molecule has 0 heterocycles. The van der Waals surface area contributed by atoms with Gasteiger partial charge in [-0.15, -0.1) is 0 Å². The molecule has 0 radical (unpaired) electrons. The highest BCUT2D eigenvalue weighted by molar-refractivity contribution is 5.84. The Bertz CT molecular complexity index is 357. The van der Waals surface area contributed by atoms with Crippen molar-refractivity contribution in [2.45, 2.75) is 26.3 Å². The Balaban J connectivity index is 4.33. The van der Waals surface area contributed by atoms with Crippen LogP contribution in [0.3, 0.4) is 0 Å². The van der Waals surface area contributed by atoms with E-state index in [1.165, 1.54) is 14.2 Å². The molecule has 0 aliphatic carbocycles. The minimum Gasteiger partial charge on any atom is -0.480 e. The largest absolute Gasteiger partial charge is 0.480 e. The lowest BCUT2D eigenvalue weighted by molar-refractivity contribution is -0.139. The quantitative estimate of drug-likeness (QED) is 0.483. The van der Waals surface area contributed by atoms with E-state index in [1.54, 1.807) is 13.8 Å². The van der Waals surface area contributed by atoms with Crippen LogP contribution in [0.25, 0.3) is 0 Å². The van der Waals surface area contributed by atoms with Crippen molar-refractivity contribution in [3.8, 4) is 0 Å². The van der Waals surface area contributed by atoms with Crippen LogP contribution in [-0.2, 0) is 14.3 Å². The fraction of sp³-hybridized carbons (Fsp3) is 0.750. The molecule has 0 aliphatic rings. The maximum absolute atomic E-state index is 11.6. The fourth-order valence-corrected chi connectivity index (χ4v) is 1.42. The van der Waals surface area contributed by atoms with E-state index in [-0.39, 0.29) is 25.5 Å². The molecule has 0 saturated carbocycles. The molecular weight excluding hydrogens is 266 g/mol. The number of hydrogen-bond acceptors (Lipinski definition) is 4. The van der Waals surface area contributed by atoms with Crippen molar-refractivity contribution in [3.63, 3.8) is 0 Å². The standard InChI is InChI=1S/C12H23N3O5/c1-12(2,10(18)13-3)7-14-11(19)15-8(9(16)17)5-6-20-4/h8H,5-7H2,1-4H3,(H,13,18)(H,16,17)(H2,14,15,19). The monoisotopic (exact) mass is 289 g/mol. The first-order valence-corrected chi connectivity index (χ1v) is 6.23. The van der Waals surface area contributed by atoms with Gasteiger partial charge in [0.15, 0.2) is 0 Å². The molecule has 0 bridgehead atoms. The molecule has 0 fully saturated rings. The van der Waals surface area contributed by atoms with Gasteiger partial charge in [0.2, 0.25) is 5.91 Å². The van der Waals surface area contributed by atoms with Crippen molar-refractivity contribution < 1.29 is 24.2 Å². The number of aliphatic carboxylic acids is 1. The van der Waals surface area contributed by atoms with E-state index in [4.69, 9.17) is 9.84 Å². The topological polar surface area (TPSA) is 117 Å². The number of carboxylic acid groups (broad SMARTS) is 1. The lowest BCUT2D eigenvalue weighted by Gasteiger charge is -2.23. The van der Waals surface area contributed by atoms with Crippen LogP contribution in [0.4, 0.5) is 4.79 Å². The molecule has 0 aliphatic heterocycles. The van der Waals surface area contributed by atoms with E-state index in [1.807, 2.05) is 0 Å². The molecule has 8 nitrogen and oxygen atoms in total. The Morgan fingerprint density at radius 1 is 1.30 bits per heavy atom. The minimum absolute atomic E-state index is 0.0924. The normalized spacial score (nSPS) is 12.4. The highest BCUT2D eigenvalue weighted by atomic mass is 16.5. The fourth-order valence-electron chi connectivity index (χ4n) is 1.42. The first-order chi connectivity index (χ1) is 9.24. The molecule has 0 saturated heterocycles. The molecule has 0 aromatic carbocycles. The van der Waals surface area contributed by atoms with Crippen molar-refractivity contribution in [2.24, 2.45) is 5.41 Å². The van der Waals surface area contributed by atoms with Crippen molar-refractivity contribution >= 4 is 17.9 Å². The lowest BCUT2D eigenvalue weighted by Crippen LogP contribution is -2.50. The summed E-state index contributed by atoms with van der Waals surface area (Å²) in [6, 6.07) is -1.66. The van der Waals surface area contributed by atoms with Crippen LogP contribution in [0.5, 0.6) is 0 Å². The van der Waals surface area contributed by atoms with E-state index < -0.39 is 23.5 Å². The molecule has 1 atom stereocenters. The zero-order valence-electron chi connectivity index (χ0n) is 12.3. The van der Waals surface area contributed by atoms with Gasteiger partial charge in [-0.1, -0.05) is 0 Å². The van der Waals surface area contributed by atoms with Crippen LogP contribution in [0.1, 0.15) is 20.3 Å². The highest BCUT2D eigenvalue weighted by Crippen LogP contribution is 2.12. The molecule has 0 rings (SSSR count). The van der Waals surface area contributed by atoms with Crippen LogP contribution in [0, 0.1) is 5.41 Å². The average molecular weight is 289 g/mol. The Morgan fingerprint density at radius 3 is 2.35 bits per heavy atom. The summed E-state index contributed by atoms with van der Waals surface area (Å²) >= 11 is 0. The third kappa shape index (κ3) is 6.37. The van der Waals surface area contributed by atoms with Gasteiger partial charge in [0, 0.05) is 33.7 Å². The summed E-state index contributed by atoms with van der Waals surface area (Å²) in [6.07, 6.45) is 0.165. The Kier molecular flexibility index (Phi) is 7.60. The van der Waals surface area contributed by atoms with E-state index in [0.717, 1.165) is 0 Å². The van der Waals surface area contributed by atoms with Crippen molar-refractivity contribution in [3.05, 3.63) is 0 Å². The van der Waals surface area contributed by atoms with Gasteiger partial charge in [-0.25, -0.2) is 9.59 Å². The first-order valence-electron chi connectivity index (χ1n) is 6.23. The van der Waals surface area contributed by atoms with E-state index in [0.29, 0.717) is 0 Å². The van der Waals surface area contributed by atoms with E-state index in [9.17, 15) is 14.4 Å². The third-order valence-corrected chi connectivity index (χ3v) is 2.75. The molecule has 0 aromatic heterocycles. The maximum atomic E-state index is 11.6. The summed E-state index contributed by atoms with van der Waals surface area (Å²) in [7, 11) is 2.96. The molecule has 1 unspecified atom stereocenters. The molecule has 0 aromatic rings. The lowest BCUT2D eigenvalue weighted by atomic mass is 9.92. The van der Waals surface area contributed by atoms with Gasteiger partial charge < -0.3 is 25.8 Å². The first kappa shape index (κ1) is 18.2. The number of carbonyl (C=O) groups is 3.